The van der Waals surface area contributed by atoms with Crippen LogP contribution >= 0.6 is 11.6 Å². The number of carbonyl (C=O) groups is 1. The van der Waals surface area contributed by atoms with Crippen LogP contribution in [0.4, 0.5) is 8.78 Å². The number of rotatable bonds is 2. The topological polar surface area (TPSA) is 39.2 Å². The zero-order chi connectivity index (χ0) is 14.9. The van der Waals surface area contributed by atoms with Crippen LogP contribution in [0.1, 0.15) is 16.1 Å². The van der Waals surface area contributed by atoms with Crippen LogP contribution in [0.3, 0.4) is 0 Å². The van der Waals surface area contributed by atoms with Crippen molar-refractivity contribution in [2.45, 2.75) is 6.92 Å². The fraction of sp³-hybridized carbons (Fsp3) is 0.143. The van der Waals surface area contributed by atoms with Crippen molar-refractivity contribution in [3.8, 4) is 11.3 Å². The molecule has 0 unspecified atom stereocenters. The van der Waals surface area contributed by atoms with Gasteiger partial charge in [-0.2, -0.15) is 0 Å². The Morgan fingerprint density at radius 3 is 2.55 bits per heavy atom. The summed E-state index contributed by atoms with van der Waals surface area (Å²) in [6, 6.07) is 5.18. The van der Waals surface area contributed by atoms with E-state index in [0.717, 1.165) is 13.2 Å². The van der Waals surface area contributed by atoms with Crippen molar-refractivity contribution in [1.82, 2.24) is 4.98 Å². The lowest BCUT2D eigenvalue weighted by Gasteiger charge is -2.08. The van der Waals surface area contributed by atoms with Crippen LogP contribution in [0.5, 0.6) is 0 Å². The first-order valence-electron chi connectivity index (χ1n) is 5.65. The number of nitrogens with zero attached hydrogens (tertiary/aromatic N) is 1. The Labute approximate surface area is 119 Å². The standard InChI is InChI=1S/C14H10ClF2NO2/c1-7-3-4-8(10(16)5-7)12-11(17)6-9(15)13(18-12)14(19)20-2/h3-6H,1-2H3. The van der Waals surface area contributed by atoms with Gasteiger partial charge in [-0.3, -0.25) is 0 Å². The van der Waals surface area contributed by atoms with Gasteiger partial charge in [-0.25, -0.2) is 18.6 Å². The third kappa shape index (κ3) is 2.63. The molecule has 0 aliphatic carbocycles. The minimum atomic E-state index is -0.816. The van der Waals surface area contributed by atoms with Gasteiger partial charge in [-0.1, -0.05) is 17.7 Å². The van der Waals surface area contributed by atoms with Crippen molar-refractivity contribution in [3.63, 3.8) is 0 Å². The van der Waals surface area contributed by atoms with E-state index in [1.165, 1.54) is 12.1 Å². The van der Waals surface area contributed by atoms with E-state index in [9.17, 15) is 13.6 Å². The third-order valence-corrected chi connectivity index (χ3v) is 2.98. The second-order valence-corrected chi connectivity index (χ2v) is 4.53. The van der Waals surface area contributed by atoms with Gasteiger partial charge in [-0.05, 0) is 30.7 Å². The average molecular weight is 298 g/mol. The quantitative estimate of drug-likeness (QED) is 0.792. The predicted octanol–water partition coefficient (Wildman–Crippen LogP) is 3.78. The zero-order valence-electron chi connectivity index (χ0n) is 10.7. The summed E-state index contributed by atoms with van der Waals surface area (Å²) >= 11 is 5.73. The number of pyridine rings is 1. The van der Waals surface area contributed by atoms with Crippen LogP contribution in [-0.4, -0.2) is 18.1 Å². The van der Waals surface area contributed by atoms with Crippen LogP contribution in [-0.2, 0) is 4.74 Å². The molecule has 1 aromatic heterocycles. The number of ether oxygens (including phenoxy) is 1. The maximum absolute atomic E-state index is 13.9. The number of aromatic nitrogens is 1. The van der Waals surface area contributed by atoms with Gasteiger partial charge >= 0.3 is 5.97 Å². The Bertz CT molecular complexity index is 689. The summed E-state index contributed by atoms with van der Waals surface area (Å²) in [5.74, 6) is -2.26. The molecule has 0 atom stereocenters. The van der Waals surface area contributed by atoms with Crippen LogP contribution in [0.25, 0.3) is 11.3 Å². The highest BCUT2D eigenvalue weighted by Crippen LogP contribution is 2.28. The van der Waals surface area contributed by atoms with Gasteiger partial charge in [0.25, 0.3) is 0 Å². The minimum absolute atomic E-state index is 0.0464. The van der Waals surface area contributed by atoms with E-state index in [4.69, 9.17) is 11.6 Å². The lowest BCUT2D eigenvalue weighted by atomic mass is 10.1. The number of hydrogen-bond acceptors (Lipinski definition) is 3. The molecule has 0 amide bonds. The highest BCUT2D eigenvalue weighted by atomic mass is 35.5. The lowest BCUT2D eigenvalue weighted by molar-refractivity contribution is 0.0594. The zero-order valence-corrected chi connectivity index (χ0v) is 11.5. The molecule has 0 aliphatic heterocycles. The fourth-order valence-electron chi connectivity index (χ4n) is 1.71. The Balaban J connectivity index is 2.65. The molecule has 104 valence electrons. The molecule has 1 heterocycles. The molecule has 0 N–H and O–H groups in total. The van der Waals surface area contributed by atoms with E-state index in [1.54, 1.807) is 13.0 Å². The van der Waals surface area contributed by atoms with Crippen molar-refractivity contribution in [1.29, 1.82) is 0 Å². The molecule has 6 heteroatoms. The number of carbonyl (C=O) groups excluding carboxylic acids is 1. The van der Waals surface area contributed by atoms with Gasteiger partial charge in [0.15, 0.2) is 11.5 Å². The Kier molecular flexibility index (Phi) is 3.99. The van der Waals surface area contributed by atoms with E-state index >= 15 is 0 Å². The van der Waals surface area contributed by atoms with Gasteiger partial charge < -0.3 is 4.74 Å². The SMILES string of the molecule is COC(=O)c1nc(-c2ccc(C)cc2F)c(F)cc1Cl. The van der Waals surface area contributed by atoms with E-state index in [2.05, 4.69) is 9.72 Å². The largest absolute Gasteiger partial charge is 0.464 e. The van der Waals surface area contributed by atoms with Crippen molar-refractivity contribution in [3.05, 3.63) is 52.2 Å². The van der Waals surface area contributed by atoms with Crippen molar-refractivity contribution in [2.75, 3.05) is 7.11 Å². The highest BCUT2D eigenvalue weighted by Gasteiger charge is 2.20. The van der Waals surface area contributed by atoms with Gasteiger partial charge in [0, 0.05) is 5.56 Å². The third-order valence-electron chi connectivity index (χ3n) is 2.69. The second kappa shape index (κ2) is 5.54. The molecular formula is C14H10ClF2NO2. The van der Waals surface area contributed by atoms with E-state index in [-0.39, 0.29) is 22.0 Å². The van der Waals surface area contributed by atoms with Crippen LogP contribution in [0.15, 0.2) is 24.3 Å². The van der Waals surface area contributed by atoms with Gasteiger partial charge in [0.2, 0.25) is 0 Å². The summed E-state index contributed by atoms with van der Waals surface area (Å²) in [6.07, 6.45) is 0. The molecule has 3 nitrogen and oxygen atoms in total. The predicted molar refractivity (Wildman–Crippen MR) is 70.7 cm³/mol. The Hall–Kier alpha value is -2.01. The molecular weight excluding hydrogens is 288 g/mol. The first-order chi connectivity index (χ1) is 9.43. The van der Waals surface area contributed by atoms with Crippen molar-refractivity contribution in [2.24, 2.45) is 0 Å². The Morgan fingerprint density at radius 2 is 1.95 bits per heavy atom. The van der Waals surface area contributed by atoms with Crippen molar-refractivity contribution < 1.29 is 18.3 Å². The molecule has 0 saturated carbocycles. The van der Waals surface area contributed by atoms with Crippen molar-refractivity contribution >= 4 is 17.6 Å². The van der Waals surface area contributed by atoms with Gasteiger partial charge in [0.05, 0.1) is 12.1 Å². The molecule has 0 fully saturated rings. The van der Waals surface area contributed by atoms with Crippen LogP contribution < -0.4 is 0 Å². The summed E-state index contributed by atoms with van der Waals surface area (Å²) in [6.45, 7) is 1.71. The van der Waals surface area contributed by atoms with E-state index in [0.29, 0.717) is 5.56 Å². The second-order valence-electron chi connectivity index (χ2n) is 4.12. The number of aryl methyl sites for hydroxylation is 1. The molecule has 2 aromatic rings. The molecule has 0 spiro atoms. The molecule has 1 aromatic carbocycles. The molecule has 20 heavy (non-hydrogen) atoms. The number of hydrogen-bond donors (Lipinski definition) is 0. The number of methoxy groups -OCH3 is 1. The number of halogens is 3. The molecule has 2 rings (SSSR count). The molecule has 0 bridgehead atoms. The summed E-state index contributed by atoms with van der Waals surface area (Å²) in [7, 11) is 1.15. The molecule has 0 saturated heterocycles. The van der Waals surface area contributed by atoms with Gasteiger partial charge in [-0.15, -0.1) is 0 Å². The van der Waals surface area contributed by atoms with Crippen LogP contribution in [0, 0.1) is 18.6 Å². The molecule has 0 aliphatic rings. The Morgan fingerprint density at radius 1 is 1.25 bits per heavy atom. The fourth-order valence-corrected chi connectivity index (χ4v) is 1.92. The normalized spacial score (nSPS) is 10.4. The molecule has 0 radical (unpaired) electrons. The maximum Gasteiger partial charge on any atom is 0.358 e. The lowest BCUT2D eigenvalue weighted by Crippen LogP contribution is -2.07. The first-order valence-corrected chi connectivity index (χ1v) is 6.02. The maximum atomic E-state index is 13.9. The summed E-state index contributed by atoms with van der Waals surface area (Å²) in [5, 5.41) is -0.189. The average Bonchev–Trinajstić information content (AvgIpc) is 2.39. The minimum Gasteiger partial charge on any atom is -0.464 e. The van der Waals surface area contributed by atoms with Gasteiger partial charge in [0.1, 0.15) is 11.5 Å². The van der Waals surface area contributed by atoms with E-state index < -0.39 is 17.6 Å². The van der Waals surface area contributed by atoms with Crippen LogP contribution in [0.2, 0.25) is 5.02 Å². The highest BCUT2D eigenvalue weighted by molar-refractivity contribution is 6.33. The first kappa shape index (κ1) is 14.4. The summed E-state index contributed by atoms with van der Waals surface area (Å²) in [4.78, 5) is 15.3. The van der Waals surface area contributed by atoms with E-state index in [1.807, 2.05) is 0 Å². The monoisotopic (exact) mass is 297 g/mol. The number of esters is 1. The summed E-state index contributed by atoms with van der Waals surface area (Å²) in [5.41, 5.74) is 0.0987. The smallest absolute Gasteiger partial charge is 0.358 e. The number of benzene rings is 1. The summed E-state index contributed by atoms with van der Waals surface area (Å²) < 4.78 is 32.3.